The molecule has 0 aliphatic rings. The van der Waals surface area contributed by atoms with Crippen LogP contribution in [0.4, 0.5) is 0 Å². The maximum absolute atomic E-state index is 8.98. The fourth-order valence-electron chi connectivity index (χ4n) is 2.82. The van der Waals surface area contributed by atoms with Crippen molar-refractivity contribution in [1.29, 1.82) is 5.26 Å². The number of nitrogens with zero attached hydrogens (tertiary/aromatic N) is 4. The summed E-state index contributed by atoms with van der Waals surface area (Å²) in [7, 11) is 0. The highest BCUT2D eigenvalue weighted by molar-refractivity contribution is 5.67. The largest absolute Gasteiger partial charge is 0.303 e. The van der Waals surface area contributed by atoms with Crippen LogP contribution in [0, 0.1) is 11.3 Å². The van der Waals surface area contributed by atoms with Crippen molar-refractivity contribution >= 4 is 5.65 Å². The first-order valence-corrected chi connectivity index (χ1v) is 7.71. The quantitative estimate of drug-likeness (QED) is 0.577. The fourth-order valence-corrected chi connectivity index (χ4v) is 2.82. The summed E-state index contributed by atoms with van der Waals surface area (Å²) in [6.45, 7) is 0. The molecule has 3 heterocycles. The number of hydrogen-bond donors (Lipinski definition) is 0. The van der Waals surface area contributed by atoms with E-state index < -0.39 is 0 Å². The Labute approximate surface area is 139 Å². The Bertz CT molecular complexity index is 1020. The van der Waals surface area contributed by atoms with Crippen LogP contribution >= 0.6 is 0 Å². The molecule has 0 unspecified atom stereocenters. The maximum Gasteiger partial charge on any atom is 0.137 e. The number of aromatic nitrogens is 3. The summed E-state index contributed by atoms with van der Waals surface area (Å²) in [5, 5.41) is 8.98. The summed E-state index contributed by atoms with van der Waals surface area (Å²) in [5.74, 6) is 0. The van der Waals surface area contributed by atoms with Gasteiger partial charge in [0.05, 0.1) is 23.0 Å². The third kappa shape index (κ3) is 2.53. The molecule has 24 heavy (non-hydrogen) atoms. The van der Waals surface area contributed by atoms with E-state index >= 15 is 0 Å². The number of hydrogen-bond acceptors (Lipinski definition) is 3. The minimum atomic E-state index is 0.647. The molecule has 4 heteroatoms. The van der Waals surface area contributed by atoms with Crippen LogP contribution in [0.25, 0.3) is 16.9 Å². The van der Waals surface area contributed by atoms with Gasteiger partial charge in [0, 0.05) is 30.1 Å². The molecule has 0 radical (unpaired) electrons. The van der Waals surface area contributed by atoms with E-state index in [1.807, 2.05) is 66.9 Å². The highest BCUT2D eigenvalue weighted by Gasteiger charge is 2.14. The van der Waals surface area contributed by atoms with Crippen LogP contribution in [0.15, 0.2) is 73.1 Å². The number of fused-ring (bicyclic) bond motifs is 1. The number of imidazole rings is 1. The Hall–Kier alpha value is -3.45. The van der Waals surface area contributed by atoms with Crippen molar-refractivity contribution < 1.29 is 0 Å². The molecule has 0 spiro atoms. The molecule has 114 valence electrons. The first-order chi connectivity index (χ1) is 11.8. The molecule has 4 rings (SSSR count). The summed E-state index contributed by atoms with van der Waals surface area (Å²) in [5.41, 5.74) is 5.57. The highest BCUT2D eigenvalue weighted by Crippen LogP contribution is 2.26. The summed E-state index contributed by atoms with van der Waals surface area (Å²) in [4.78, 5) is 9.23. The molecule has 0 aliphatic heterocycles. The normalized spacial score (nSPS) is 10.6. The van der Waals surface area contributed by atoms with Gasteiger partial charge in [0.15, 0.2) is 0 Å². The molecule has 0 aliphatic carbocycles. The minimum absolute atomic E-state index is 0.647. The molecule has 0 atom stereocenters. The predicted octanol–water partition coefficient (Wildman–Crippen LogP) is 3.86. The molecule has 4 nitrogen and oxygen atoms in total. The van der Waals surface area contributed by atoms with E-state index in [-0.39, 0.29) is 0 Å². The van der Waals surface area contributed by atoms with Gasteiger partial charge in [-0.15, -0.1) is 0 Å². The average Bonchev–Trinajstić information content (AvgIpc) is 3.01. The summed E-state index contributed by atoms with van der Waals surface area (Å²) in [6.07, 6.45) is 4.52. The molecular formula is C20H14N4. The van der Waals surface area contributed by atoms with E-state index in [2.05, 4.69) is 15.5 Å². The summed E-state index contributed by atoms with van der Waals surface area (Å²) in [6, 6.07) is 21.6. The Morgan fingerprint density at radius 2 is 1.79 bits per heavy atom. The molecule has 0 fully saturated rings. The first-order valence-electron chi connectivity index (χ1n) is 7.71. The van der Waals surface area contributed by atoms with E-state index in [4.69, 9.17) is 10.2 Å². The van der Waals surface area contributed by atoms with Crippen molar-refractivity contribution in [1.82, 2.24) is 14.4 Å². The Morgan fingerprint density at radius 3 is 2.54 bits per heavy atom. The van der Waals surface area contributed by atoms with Crippen LogP contribution in [0.1, 0.15) is 17.0 Å². The van der Waals surface area contributed by atoms with Gasteiger partial charge in [0.2, 0.25) is 0 Å². The van der Waals surface area contributed by atoms with Crippen molar-refractivity contribution in [2.24, 2.45) is 0 Å². The van der Waals surface area contributed by atoms with Gasteiger partial charge in [-0.3, -0.25) is 4.98 Å². The standard InChI is InChI=1S/C20H14N4/c21-14-15-7-9-16(10-8-15)20-18(13-17-5-1-3-11-22-17)24-12-4-2-6-19(24)23-20/h1-12H,13H2. The van der Waals surface area contributed by atoms with Crippen molar-refractivity contribution in [3.8, 4) is 17.3 Å². The minimum Gasteiger partial charge on any atom is -0.303 e. The highest BCUT2D eigenvalue weighted by atomic mass is 15.0. The van der Waals surface area contributed by atoms with Crippen LogP contribution in [0.5, 0.6) is 0 Å². The molecule has 1 aromatic carbocycles. The van der Waals surface area contributed by atoms with E-state index in [1.54, 1.807) is 6.20 Å². The van der Waals surface area contributed by atoms with Crippen LogP contribution in [0.2, 0.25) is 0 Å². The van der Waals surface area contributed by atoms with Gasteiger partial charge < -0.3 is 4.40 Å². The number of nitriles is 1. The first kappa shape index (κ1) is 14.2. The second-order valence-corrected chi connectivity index (χ2v) is 5.52. The van der Waals surface area contributed by atoms with E-state index in [1.165, 1.54) is 0 Å². The lowest BCUT2D eigenvalue weighted by atomic mass is 10.1. The average molecular weight is 310 g/mol. The van der Waals surface area contributed by atoms with Gasteiger partial charge in [-0.2, -0.15) is 5.26 Å². The lowest BCUT2D eigenvalue weighted by Crippen LogP contribution is -1.98. The van der Waals surface area contributed by atoms with Crippen molar-refractivity contribution in [3.63, 3.8) is 0 Å². The van der Waals surface area contributed by atoms with Gasteiger partial charge in [0.25, 0.3) is 0 Å². The van der Waals surface area contributed by atoms with Gasteiger partial charge in [-0.05, 0) is 36.4 Å². The topological polar surface area (TPSA) is 54.0 Å². The lowest BCUT2D eigenvalue weighted by molar-refractivity contribution is 0.985. The number of pyridine rings is 2. The van der Waals surface area contributed by atoms with Crippen molar-refractivity contribution in [2.45, 2.75) is 6.42 Å². The third-order valence-corrected chi connectivity index (χ3v) is 3.99. The van der Waals surface area contributed by atoms with Gasteiger partial charge >= 0.3 is 0 Å². The molecule has 0 amide bonds. The maximum atomic E-state index is 8.98. The fraction of sp³-hybridized carbons (Fsp3) is 0.0500. The Morgan fingerprint density at radius 1 is 0.958 bits per heavy atom. The summed E-state index contributed by atoms with van der Waals surface area (Å²) >= 11 is 0. The SMILES string of the molecule is N#Cc1ccc(-c2nc3ccccn3c2Cc2ccccn2)cc1. The zero-order chi connectivity index (χ0) is 16.4. The monoisotopic (exact) mass is 310 g/mol. The summed E-state index contributed by atoms with van der Waals surface area (Å²) < 4.78 is 2.10. The van der Waals surface area contributed by atoms with Crippen LogP contribution in [-0.2, 0) is 6.42 Å². The lowest BCUT2D eigenvalue weighted by Gasteiger charge is -2.05. The molecule has 4 aromatic rings. The van der Waals surface area contributed by atoms with Gasteiger partial charge in [-0.1, -0.05) is 24.3 Å². The molecule has 0 saturated heterocycles. The number of benzene rings is 1. The van der Waals surface area contributed by atoms with Crippen LogP contribution in [0.3, 0.4) is 0 Å². The molecular weight excluding hydrogens is 296 g/mol. The van der Waals surface area contributed by atoms with Crippen LogP contribution in [-0.4, -0.2) is 14.4 Å². The van der Waals surface area contributed by atoms with Gasteiger partial charge in [-0.25, -0.2) is 4.98 Å². The van der Waals surface area contributed by atoms with Crippen LogP contribution < -0.4 is 0 Å². The van der Waals surface area contributed by atoms with Crippen molar-refractivity contribution in [3.05, 3.63) is 90.0 Å². The molecule has 0 bridgehead atoms. The predicted molar refractivity (Wildman–Crippen MR) is 92.4 cm³/mol. The van der Waals surface area contributed by atoms with Crippen molar-refractivity contribution in [2.75, 3.05) is 0 Å². The molecule has 3 aromatic heterocycles. The Kier molecular flexibility index (Phi) is 3.53. The smallest absolute Gasteiger partial charge is 0.137 e. The third-order valence-electron chi connectivity index (χ3n) is 3.99. The van der Waals surface area contributed by atoms with Gasteiger partial charge in [0.1, 0.15) is 5.65 Å². The second kappa shape index (κ2) is 5.98. The van der Waals surface area contributed by atoms with E-state index in [0.29, 0.717) is 12.0 Å². The second-order valence-electron chi connectivity index (χ2n) is 5.52. The van der Waals surface area contributed by atoms with E-state index in [0.717, 1.165) is 28.3 Å². The zero-order valence-electron chi connectivity index (χ0n) is 12.9. The number of rotatable bonds is 3. The molecule has 0 saturated carbocycles. The molecule has 0 N–H and O–H groups in total. The zero-order valence-corrected chi connectivity index (χ0v) is 12.9. The Balaban J connectivity index is 1.87. The van der Waals surface area contributed by atoms with E-state index in [9.17, 15) is 0 Å².